The van der Waals surface area contributed by atoms with Crippen molar-refractivity contribution in [2.45, 2.75) is 37.3 Å². The number of aromatic nitrogens is 1. The highest BCUT2D eigenvalue weighted by atomic mass is 35.5. The van der Waals surface area contributed by atoms with Gasteiger partial charge in [0.05, 0.1) is 31.8 Å². The van der Waals surface area contributed by atoms with E-state index in [4.69, 9.17) is 11.6 Å². The number of thiazole rings is 1. The average Bonchev–Trinajstić information content (AvgIpc) is 2.96. The van der Waals surface area contributed by atoms with Crippen molar-refractivity contribution in [3.05, 3.63) is 57.3 Å². The molecule has 0 unspecified atom stereocenters. The first-order valence-electron chi connectivity index (χ1n) is 8.76. The highest BCUT2D eigenvalue weighted by Gasteiger charge is 2.19. The number of rotatable bonds is 4. The molecule has 0 fully saturated rings. The summed E-state index contributed by atoms with van der Waals surface area (Å²) in [6, 6.07) is 10.2. The van der Waals surface area contributed by atoms with Crippen LogP contribution in [0.5, 0.6) is 0 Å². The summed E-state index contributed by atoms with van der Waals surface area (Å²) in [5.74, 6) is -0.296. The van der Waals surface area contributed by atoms with Crippen LogP contribution in [0, 0.1) is 6.92 Å². The number of carbonyl (C=O) groups is 1. The van der Waals surface area contributed by atoms with Gasteiger partial charge in [0.2, 0.25) is 0 Å². The molecule has 1 aromatic heterocycles. The third-order valence-corrected chi connectivity index (χ3v) is 8.31. The zero-order valence-corrected chi connectivity index (χ0v) is 18.5. The standard InChI is InChI=1S/C20H21ClN2O3S2/c1-12(2)28(25,26)15-8-6-14(7-9-15)11-17(24)22-20-23(4)18-13(3)5-10-16(21)19(18)27-20/h5-10,12H,11H2,1-4H3. The van der Waals surface area contributed by atoms with E-state index < -0.39 is 15.1 Å². The van der Waals surface area contributed by atoms with E-state index in [2.05, 4.69) is 4.99 Å². The first kappa shape index (κ1) is 20.8. The highest BCUT2D eigenvalue weighted by molar-refractivity contribution is 7.92. The molecule has 3 rings (SSSR count). The Bertz CT molecular complexity index is 1220. The molecule has 3 aromatic rings. The number of fused-ring (bicyclic) bond motifs is 1. The van der Waals surface area contributed by atoms with E-state index in [0.717, 1.165) is 21.3 Å². The summed E-state index contributed by atoms with van der Waals surface area (Å²) >= 11 is 7.65. The summed E-state index contributed by atoms with van der Waals surface area (Å²) in [5.41, 5.74) is 2.75. The summed E-state index contributed by atoms with van der Waals surface area (Å²) in [6.45, 7) is 5.28. The Kier molecular flexibility index (Phi) is 5.79. The molecule has 0 aliphatic heterocycles. The SMILES string of the molecule is Cc1ccc(Cl)c2sc(=NC(=O)Cc3ccc(S(=O)(=O)C(C)C)cc3)n(C)c12. The molecule has 8 heteroatoms. The fourth-order valence-electron chi connectivity index (χ4n) is 2.90. The number of halogens is 1. The largest absolute Gasteiger partial charge is 0.319 e. The summed E-state index contributed by atoms with van der Waals surface area (Å²) in [7, 11) is -1.46. The molecule has 28 heavy (non-hydrogen) atoms. The maximum atomic E-state index is 12.4. The van der Waals surface area contributed by atoms with Gasteiger partial charge in [0.1, 0.15) is 0 Å². The molecule has 0 atom stereocenters. The third-order valence-electron chi connectivity index (χ3n) is 4.55. The van der Waals surface area contributed by atoms with E-state index in [1.165, 1.54) is 11.3 Å². The van der Waals surface area contributed by atoms with Crippen molar-refractivity contribution in [3.8, 4) is 0 Å². The van der Waals surface area contributed by atoms with Crippen molar-refractivity contribution in [2.24, 2.45) is 12.0 Å². The van der Waals surface area contributed by atoms with Gasteiger partial charge in [0.25, 0.3) is 5.91 Å². The lowest BCUT2D eigenvalue weighted by Crippen LogP contribution is -2.15. The van der Waals surface area contributed by atoms with Crippen LogP contribution >= 0.6 is 22.9 Å². The molecule has 0 aliphatic rings. The smallest absolute Gasteiger partial charge is 0.252 e. The van der Waals surface area contributed by atoms with Crippen LogP contribution in [0.3, 0.4) is 0 Å². The van der Waals surface area contributed by atoms with Crippen molar-refractivity contribution in [2.75, 3.05) is 0 Å². The minimum atomic E-state index is -3.32. The molecule has 5 nitrogen and oxygen atoms in total. The fourth-order valence-corrected chi connectivity index (χ4v) is 5.35. The number of carbonyl (C=O) groups excluding carboxylic acids is 1. The van der Waals surface area contributed by atoms with E-state index in [9.17, 15) is 13.2 Å². The average molecular weight is 437 g/mol. The van der Waals surface area contributed by atoms with Gasteiger partial charge in [0.15, 0.2) is 14.6 Å². The Morgan fingerprint density at radius 2 is 1.82 bits per heavy atom. The van der Waals surface area contributed by atoms with Crippen molar-refractivity contribution < 1.29 is 13.2 Å². The minimum Gasteiger partial charge on any atom is -0.319 e. The first-order valence-corrected chi connectivity index (χ1v) is 11.5. The number of sulfone groups is 1. The Labute approximate surface area is 173 Å². The lowest BCUT2D eigenvalue weighted by molar-refractivity contribution is -0.117. The molecule has 1 heterocycles. The molecule has 1 amide bonds. The van der Waals surface area contributed by atoms with Gasteiger partial charge >= 0.3 is 0 Å². The van der Waals surface area contributed by atoms with Gasteiger partial charge in [-0.15, -0.1) is 0 Å². The van der Waals surface area contributed by atoms with Crippen molar-refractivity contribution in [1.82, 2.24) is 4.57 Å². The Morgan fingerprint density at radius 3 is 2.39 bits per heavy atom. The first-order chi connectivity index (χ1) is 13.1. The third kappa shape index (κ3) is 3.92. The van der Waals surface area contributed by atoms with E-state index in [0.29, 0.717) is 9.82 Å². The quantitative estimate of drug-likeness (QED) is 0.619. The molecule has 2 aromatic carbocycles. The Balaban J connectivity index is 1.89. The zero-order valence-electron chi connectivity index (χ0n) is 16.1. The molecule has 0 saturated heterocycles. The normalized spacial score (nSPS) is 12.9. The summed E-state index contributed by atoms with van der Waals surface area (Å²) in [4.78, 5) is 17.5. The second-order valence-electron chi connectivity index (χ2n) is 6.91. The van der Waals surface area contributed by atoms with Gasteiger partial charge in [0, 0.05) is 7.05 Å². The molecular formula is C20H21ClN2O3S2. The molecule has 0 saturated carbocycles. The predicted octanol–water partition coefficient (Wildman–Crippen LogP) is 4.05. The topological polar surface area (TPSA) is 68.5 Å². The van der Waals surface area contributed by atoms with Gasteiger partial charge in [-0.05, 0) is 50.1 Å². The van der Waals surface area contributed by atoms with Crippen LogP contribution in [-0.2, 0) is 28.1 Å². The van der Waals surface area contributed by atoms with E-state index in [1.54, 1.807) is 38.1 Å². The number of hydrogen-bond acceptors (Lipinski definition) is 4. The second-order valence-corrected chi connectivity index (χ2v) is 10.8. The highest BCUT2D eigenvalue weighted by Crippen LogP contribution is 2.28. The fraction of sp³-hybridized carbons (Fsp3) is 0.300. The lowest BCUT2D eigenvalue weighted by atomic mass is 10.1. The maximum absolute atomic E-state index is 12.4. The number of nitrogens with zero attached hydrogens (tertiary/aromatic N) is 2. The predicted molar refractivity (Wildman–Crippen MR) is 114 cm³/mol. The lowest BCUT2D eigenvalue weighted by Gasteiger charge is -2.08. The van der Waals surface area contributed by atoms with Crippen LogP contribution in [0.4, 0.5) is 0 Å². The van der Waals surface area contributed by atoms with Crippen LogP contribution in [0.2, 0.25) is 5.02 Å². The zero-order chi connectivity index (χ0) is 20.6. The van der Waals surface area contributed by atoms with Crippen LogP contribution in [-0.4, -0.2) is 24.1 Å². The van der Waals surface area contributed by atoms with Gasteiger partial charge in [-0.1, -0.05) is 41.1 Å². The second kappa shape index (κ2) is 7.81. The molecule has 0 N–H and O–H groups in total. The number of aryl methyl sites for hydroxylation is 2. The van der Waals surface area contributed by atoms with Gasteiger partial charge in [-0.3, -0.25) is 4.79 Å². The van der Waals surface area contributed by atoms with Gasteiger partial charge in [-0.2, -0.15) is 4.99 Å². The van der Waals surface area contributed by atoms with Crippen LogP contribution < -0.4 is 4.80 Å². The van der Waals surface area contributed by atoms with Gasteiger partial charge < -0.3 is 4.57 Å². The Morgan fingerprint density at radius 1 is 1.18 bits per heavy atom. The van der Waals surface area contributed by atoms with E-state index in [1.807, 2.05) is 30.7 Å². The molecule has 148 valence electrons. The monoisotopic (exact) mass is 436 g/mol. The molecule has 0 aliphatic carbocycles. The van der Waals surface area contributed by atoms with Crippen molar-refractivity contribution >= 4 is 48.9 Å². The van der Waals surface area contributed by atoms with E-state index >= 15 is 0 Å². The van der Waals surface area contributed by atoms with Crippen LogP contribution in [0.25, 0.3) is 10.2 Å². The van der Waals surface area contributed by atoms with Gasteiger partial charge in [-0.25, -0.2) is 8.42 Å². The van der Waals surface area contributed by atoms with Crippen molar-refractivity contribution in [1.29, 1.82) is 0 Å². The number of benzene rings is 2. The van der Waals surface area contributed by atoms with Crippen molar-refractivity contribution in [3.63, 3.8) is 0 Å². The number of amides is 1. The molecule has 0 bridgehead atoms. The number of hydrogen-bond donors (Lipinski definition) is 0. The summed E-state index contributed by atoms with van der Waals surface area (Å²) < 4.78 is 27.1. The van der Waals surface area contributed by atoms with Crippen LogP contribution in [0.1, 0.15) is 25.0 Å². The maximum Gasteiger partial charge on any atom is 0.252 e. The molecule has 0 spiro atoms. The summed E-state index contributed by atoms with van der Waals surface area (Å²) in [6.07, 6.45) is 0.100. The van der Waals surface area contributed by atoms with Crippen LogP contribution in [0.15, 0.2) is 46.3 Å². The summed E-state index contributed by atoms with van der Waals surface area (Å²) in [5, 5.41) is 0.148. The molecular weight excluding hydrogens is 416 g/mol. The minimum absolute atomic E-state index is 0.100. The van der Waals surface area contributed by atoms with E-state index in [-0.39, 0.29) is 17.2 Å². The molecule has 0 radical (unpaired) electrons. The Hall–Kier alpha value is -1.96.